The first-order valence-electron chi connectivity index (χ1n) is 11.5. The number of nitrogens with one attached hydrogen (secondary N) is 2. The quantitative estimate of drug-likeness (QED) is 0.226. The Morgan fingerprint density at radius 2 is 1.49 bits per heavy atom. The summed E-state index contributed by atoms with van der Waals surface area (Å²) in [6.07, 6.45) is 5.32. The Kier molecular flexibility index (Phi) is 14.2. The van der Waals surface area contributed by atoms with Crippen molar-refractivity contribution in [3.63, 3.8) is 0 Å². The molecule has 0 radical (unpaired) electrons. The Bertz CT molecular complexity index is 894. The molecule has 1 fully saturated rings. The Morgan fingerprint density at radius 3 is 2.06 bits per heavy atom. The number of methoxy groups -OCH3 is 3. The van der Waals surface area contributed by atoms with Crippen molar-refractivity contribution in [3.8, 4) is 17.2 Å². The fraction of sp³-hybridized carbons (Fsp3) is 0.423. The van der Waals surface area contributed by atoms with Crippen molar-refractivity contribution in [1.82, 2.24) is 0 Å². The van der Waals surface area contributed by atoms with Gasteiger partial charge in [0, 0.05) is 6.42 Å². The zero-order valence-corrected chi connectivity index (χ0v) is 22.2. The fourth-order valence-electron chi connectivity index (χ4n) is 4.11. The number of rotatable bonds is 11. The Balaban J connectivity index is 0.00000306. The van der Waals surface area contributed by atoms with Gasteiger partial charge >= 0.3 is 5.97 Å². The van der Waals surface area contributed by atoms with Crippen LogP contribution in [0, 0.1) is 0 Å². The second-order valence-corrected chi connectivity index (χ2v) is 8.17. The first-order valence-corrected chi connectivity index (χ1v) is 11.5. The van der Waals surface area contributed by atoms with Crippen LogP contribution in [0.5, 0.6) is 17.2 Å². The van der Waals surface area contributed by atoms with Crippen LogP contribution in [0.2, 0.25) is 0 Å². The molecule has 3 rings (SSSR count). The van der Waals surface area contributed by atoms with Crippen LogP contribution in [0.25, 0.3) is 6.08 Å². The van der Waals surface area contributed by atoms with E-state index in [-0.39, 0.29) is 30.8 Å². The predicted octanol–water partition coefficient (Wildman–Crippen LogP) is -5.24. The average molecular weight is 527 g/mol. The van der Waals surface area contributed by atoms with Crippen molar-refractivity contribution in [3.05, 3.63) is 59.7 Å². The topological polar surface area (TPSA) is 62.9 Å². The molecule has 0 unspecified atom stereocenters. The number of piperazine rings is 1. The number of ether oxygens (including phenoxy) is 4. The lowest BCUT2D eigenvalue weighted by molar-refractivity contribution is -1.01. The average Bonchev–Trinajstić information content (AvgIpc) is 2.87. The molecule has 1 aliphatic rings. The summed E-state index contributed by atoms with van der Waals surface area (Å²) in [7, 11) is 4.58. The third-order valence-corrected chi connectivity index (χ3v) is 5.99. The number of halogens is 2. The van der Waals surface area contributed by atoms with Gasteiger partial charge < -0.3 is 53.6 Å². The lowest BCUT2D eigenvalue weighted by atomic mass is 10.2. The highest BCUT2D eigenvalue weighted by atomic mass is 35.5. The normalized spacial score (nSPS) is 17.1. The van der Waals surface area contributed by atoms with E-state index >= 15 is 0 Å². The van der Waals surface area contributed by atoms with Crippen LogP contribution in [0.4, 0.5) is 0 Å². The number of quaternary nitrogens is 2. The van der Waals surface area contributed by atoms with Crippen LogP contribution in [-0.2, 0) is 4.74 Å². The van der Waals surface area contributed by atoms with E-state index in [9.17, 15) is 4.79 Å². The maximum absolute atomic E-state index is 12.5. The molecular weight excluding hydrogens is 491 g/mol. The number of hydrogen-bond donors (Lipinski definition) is 2. The van der Waals surface area contributed by atoms with Gasteiger partial charge in [-0.2, -0.15) is 0 Å². The van der Waals surface area contributed by atoms with Crippen molar-refractivity contribution in [2.24, 2.45) is 0 Å². The molecule has 1 aliphatic heterocycles. The second-order valence-electron chi connectivity index (χ2n) is 8.17. The lowest BCUT2D eigenvalue weighted by Gasteiger charge is -2.29. The van der Waals surface area contributed by atoms with Gasteiger partial charge in [-0.15, -0.1) is 0 Å². The van der Waals surface area contributed by atoms with Gasteiger partial charge in [-0.1, -0.05) is 36.4 Å². The summed E-state index contributed by atoms with van der Waals surface area (Å²) >= 11 is 0. The van der Waals surface area contributed by atoms with E-state index in [1.54, 1.807) is 21.9 Å². The standard InChI is InChI=1S/C26H34N2O5.2ClH/c1-30-23-19-22(20-24(31-2)25(23)32-3)26(29)33-18-8-13-28-16-14-27(15-17-28)12-7-11-21-9-5-4-6-10-21;;/h4-7,9-11,19-20H,8,12-18H2,1-3H3;2*1H/b11-7+;;. The van der Waals surface area contributed by atoms with E-state index in [0.29, 0.717) is 29.4 Å². The summed E-state index contributed by atoms with van der Waals surface area (Å²) in [4.78, 5) is 15.7. The molecule has 0 amide bonds. The summed E-state index contributed by atoms with van der Waals surface area (Å²) in [5.74, 6) is 0.945. The van der Waals surface area contributed by atoms with E-state index < -0.39 is 0 Å². The molecule has 0 bridgehead atoms. The molecule has 1 heterocycles. The first-order chi connectivity index (χ1) is 16.1. The molecule has 2 N–H and O–H groups in total. The smallest absolute Gasteiger partial charge is 0.338 e. The van der Waals surface area contributed by atoms with Gasteiger partial charge in [0.15, 0.2) is 11.5 Å². The number of hydrogen-bond acceptors (Lipinski definition) is 5. The van der Waals surface area contributed by atoms with Crippen LogP contribution in [0.3, 0.4) is 0 Å². The number of esters is 1. The van der Waals surface area contributed by atoms with E-state index in [1.807, 2.05) is 6.07 Å². The number of carbonyl (C=O) groups excluding carboxylic acids is 1. The largest absolute Gasteiger partial charge is 1.00 e. The van der Waals surface area contributed by atoms with Crippen LogP contribution in [0.15, 0.2) is 48.5 Å². The van der Waals surface area contributed by atoms with Crippen LogP contribution in [0.1, 0.15) is 22.3 Å². The van der Waals surface area contributed by atoms with Crippen LogP contribution < -0.4 is 48.8 Å². The zero-order valence-electron chi connectivity index (χ0n) is 20.7. The highest BCUT2D eigenvalue weighted by Gasteiger charge is 2.22. The van der Waals surface area contributed by atoms with Crippen molar-refractivity contribution >= 4 is 12.0 Å². The molecule has 2 aromatic rings. The number of carbonyl (C=O) groups is 1. The monoisotopic (exact) mass is 526 g/mol. The van der Waals surface area contributed by atoms with Crippen molar-refractivity contribution in [2.45, 2.75) is 6.42 Å². The van der Waals surface area contributed by atoms with Gasteiger partial charge in [0.05, 0.1) is 46.6 Å². The van der Waals surface area contributed by atoms with Gasteiger partial charge in [-0.25, -0.2) is 4.79 Å². The van der Waals surface area contributed by atoms with Crippen LogP contribution in [-0.4, -0.2) is 73.2 Å². The summed E-state index contributed by atoms with van der Waals surface area (Å²) in [5, 5.41) is 0. The molecular formula is C26H36Cl2N2O5. The van der Waals surface area contributed by atoms with E-state index in [2.05, 4.69) is 36.4 Å². The lowest BCUT2D eigenvalue weighted by Crippen LogP contribution is -3.28. The molecule has 194 valence electrons. The van der Waals surface area contributed by atoms with Gasteiger partial charge in [0.1, 0.15) is 26.2 Å². The van der Waals surface area contributed by atoms with Crippen LogP contribution >= 0.6 is 0 Å². The summed E-state index contributed by atoms with van der Waals surface area (Å²) in [6, 6.07) is 13.7. The third kappa shape index (κ3) is 9.26. The Hall–Kier alpha value is -2.45. The molecule has 0 aromatic heterocycles. The minimum absolute atomic E-state index is 0. The highest BCUT2D eigenvalue weighted by Crippen LogP contribution is 2.38. The van der Waals surface area contributed by atoms with Gasteiger partial charge in [0.2, 0.25) is 5.75 Å². The SMILES string of the molecule is COc1cc(C(=O)OCCC[NH+]2CC[NH+](C/C=C/c3ccccc3)CC2)cc(OC)c1OC.[Cl-].[Cl-]. The summed E-state index contributed by atoms with van der Waals surface area (Å²) in [6.45, 7) is 7.10. The maximum atomic E-state index is 12.5. The van der Waals surface area contributed by atoms with Crippen molar-refractivity contribution in [1.29, 1.82) is 0 Å². The molecule has 7 nitrogen and oxygen atoms in total. The van der Waals surface area contributed by atoms with Crippen molar-refractivity contribution < 1.29 is 58.4 Å². The molecule has 35 heavy (non-hydrogen) atoms. The highest BCUT2D eigenvalue weighted by molar-refractivity contribution is 5.91. The van der Waals surface area contributed by atoms with Gasteiger partial charge in [0.25, 0.3) is 0 Å². The summed E-state index contributed by atoms with van der Waals surface area (Å²) < 4.78 is 21.4. The molecule has 0 aliphatic carbocycles. The Morgan fingerprint density at radius 1 is 0.886 bits per heavy atom. The first kappa shape index (κ1) is 30.6. The van der Waals surface area contributed by atoms with Crippen molar-refractivity contribution in [2.75, 3.05) is 67.2 Å². The summed E-state index contributed by atoms with van der Waals surface area (Å²) in [5.41, 5.74) is 1.64. The molecule has 0 atom stereocenters. The zero-order chi connectivity index (χ0) is 23.5. The van der Waals surface area contributed by atoms with Gasteiger partial charge in [-0.3, -0.25) is 0 Å². The second kappa shape index (κ2) is 16.3. The maximum Gasteiger partial charge on any atom is 0.338 e. The van der Waals surface area contributed by atoms with Gasteiger partial charge in [-0.05, 0) is 23.8 Å². The molecule has 1 saturated heterocycles. The molecule has 2 aromatic carbocycles. The van der Waals surface area contributed by atoms with E-state index in [4.69, 9.17) is 18.9 Å². The molecule has 0 saturated carbocycles. The molecule has 9 heteroatoms. The van der Waals surface area contributed by atoms with E-state index in [1.165, 1.54) is 40.0 Å². The fourth-order valence-corrected chi connectivity index (χ4v) is 4.11. The Labute approximate surface area is 220 Å². The van der Waals surface area contributed by atoms with E-state index in [0.717, 1.165) is 32.6 Å². The predicted molar refractivity (Wildman–Crippen MR) is 128 cm³/mol. The minimum atomic E-state index is -0.385. The molecule has 0 spiro atoms. The third-order valence-electron chi connectivity index (χ3n) is 5.99. The number of benzene rings is 2. The minimum Gasteiger partial charge on any atom is -1.00 e.